The summed E-state index contributed by atoms with van der Waals surface area (Å²) in [5.41, 5.74) is 1.25. The van der Waals surface area contributed by atoms with E-state index >= 15 is 0 Å². The Morgan fingerprint density at radius 3 is 2.91 bits per heavy atom. The molecule has 0 atom stereocenters. The fraction of sp³-hybridized carbons (Fsp3) is 0.556. The van der Waals surface area contributed by atoms with E-state index in [0.717, 1.165) is 25.0 Å². The van der Waals surface area contributed by atoms with Gasteiger partial charge in [0.05, 0.1) is 13.2 Å². The first-order valence-corrected chi connectivity index (χ1v) is 8.33. The average molecular weight is 318 g/mol. The SMILES string of the molecule is CCc1cccc(OCCCN(C)C(=O)CN2CCCC2=O)c1. The second-order valence-corrected chi connectivity index (χ2v) is 5.94. The molecule has 1 aromatic rings. The van der Waals surface area contributed by atoms with Gasteiger partial charge in [-0.2, -0.15) is 0 Å². The Morgan fingerprint density at radius 2 is 2.22 bits per heavy atom. The normalized spacial score (nSPS) is 14.2. The van der Waals surface area contributed by atoms with Crippen LogP contribution in [0, 0.1) is 0 Å². The molecule has 1 aliphatic rings. The van der Waals surface area contributed by atoms with Crippen LogP contribution in [-0.4, -0.2) is 54.9 Å². The minimum absolute atomic E-state index is 0.00627. The summed E-state index contributed by atoms with van der Waals surface area (Å²) >= 11 is 0. The molecular formula is C18H26N2O3. The molecule has 0 aliphatic carbocycles. The largest absolute Gasteiger partial charge is 0.494 e. The fourth-order valence-corrected chi connectivity index (χ4v) is 2.63. The number of likely N-dealkylation sites (tertiary alicyclic amines) is 1. The molecule has 23 heavy (non-hydrogen) atoms. The van der Waals surface area contributed by atoms with Crippen molar-refractivity contribution in [1.82, 2.24) is 9.80 Å². The van der Waals surface area contributed by atoms with Gasteiger partial charge in [-0.1, -0.05) is 19.1 Å². The average Bonchev–Trinajstić information content (AvgIpc) is 2.96. The number of nitrogens with zero attached hydrogens (tertiary/aromatic N) is 2. The Kier molecular flexibility index (Phi) is 6.44. The molecule has 0 bridgehead atoms. The molecule has 5 nitrogen and oxygen atoms in total. The van der Waals surface area contributed by atoms with Crippen molar-refractivity contribution in [2.75, 3.05) is 33.3 Å². The Labute approximate surface area is 138 Å². The number of amides is 2. The summed E-state index contributed by atoms with van der Waals surface area (Å²) in [6.45, 7) is 4.23. The van der Waals surface area contributed by atoms with Crippen molar-refractivity contribution in [2.45, 2.75) is 32.6 Å². The molecule has 5 heteroatoms. The van der Waals surface area contributed by atoms with Crippen molar-refractivity contribution in [3.05, 3.63) is 29.8 Å². The lowest BCUT2D eigenvalue weighted by atomic mass is 10.2. The van der Waals surface area contributed by atoms with Gasteiger partial charge in [0, 0.05) is 26.6 Å². The molecule has 0 saturated carbocycles. The summed E-state index contributed by atoms with van der Waals surface area (Å²) in [7, 11) is 1.78. The third kappa shape index (κ3) is 5.27. The zero-order valence-corrected chi connectivity index (χ0v) is 14.1. The molecule has 0 unspecified atom stereocenters. The molecule has 0 N–H and O–H groups in total. The van der Waals surface area contributed by atoms with Gasteiger partial charge in [0.2, 0.25) is 11.8 Å². The summed E-state index contributed by atoms with van der Waals surface area (Å²) in [6.07, 6.45) is 3.19. The van der Waals surface area contributed by atoms with Crippen LogP contribution < -0.4 is 4.74 Å². The van der Waals surface area contributed by atoms with E-state index in [1.807, 2.05) is 18.2 Å². The summed E-state index contributed by atoms with van der Waals surface area (Å²) in [6, 6.07) is 8.08. The Morgan fingerprint density at radius 1 is 1.39 bits per heavy atom. The number of rotatable bonds is 8. The maximum Gasteiger partial charge on any atom is 0.241 e. The van der Waals surface area contributed by atoms with E-state index in [1.165, 1.54) is 5.56 Å². The quantitative estimate of drug-likeness (QED) is 0.690. The number of hydrogen-bond acceptors (Lipinski definition) is 3. The van der Waals surface area contributed by atoms with E-state index in [2.05, 4.69) is 13.0 Å². The van der Waals surface area contributed by atoms with Gasteiger partial charge in [0.15, 0.2) is 0 Å². The topological polar surface area (TPSA) is 49.9 Å². The van der Waals surface area contributed by atoms with Crippen LogP contribution in [0.1, 0.15) is 31.7 Å². The lowest BCUT2D eigenvalue weighted by Gasteiger charge is -2.21. The van der Waals surface area contributed by atoms with E-state index in [4.69, 9.17) is 4.74 Å². The second kappa shape index (κ2) is 8.56. The Hall–Kier alpha value is -2.04. The number of aryl methyl sites for hydroxylation is 1. The highest BCUT2D eigenvalue weighted by molar-refractivity contribution is 5.85. The second-order valence-electron chi connectivity index (χ2n) is 5.94. The summed E-state index contributed by atoms with van der Waals surface area (Å²) in [4.78, 5) is 26.9. The van der Waals surface area contributed by atoms with Crippen LogP contribution in [0.3, 0.4) is 0 Å². The first-order valence-electron chi connectivity index (χ1n) is 8.33. The number of benzene rings is 1. The van der Waals surface area contributed by atoms with Gasteiger partial charge >= 0.3 is 0 Å². The minimum Gasteiger partial charge on any atom is -0.494 e. The van der Waals surface area contributed by atoms with Crippen molar-refractivity contribution >= 4 is 11.8 Å². The first-order chi connectivity index (χ1) is 11.1. The predicted octanol–water partition coefficient (Wildman–Crippen LogP) is 2.10. The highest BCUT2D eigenvalue weighted by atomic mass is 16.5. The zero-order valence-electron chi connectivity index (χ0n) is 14.1. The van der Waals surface area contributed by atoms with E-state index < -0.39 is 0 Å². The molecule has 126 valence electrons. The van der Waals surface area contributed by atoms with E-state index in [1.54, 1.807) is 16.8 Å². The molecule has 1 aliphatic heterocycles. The number of ether oxygens (including phenoxy) is 1. The van der Waals surface area contributed by atoms with Crippen LogP contribution in [0.2, 0.25) is 0 Å². The van der Waals surface area contributed by atoms with Crippen LogP contribution in [0.4, 0.5) is 0 Å². The number of hydrogen-bond donors (Lipinski definition) is 0. The van der Waals surface area contributed by atoms with Crippen LogP contribution in [0.25, 0.3) is 0 Å². The van der Waals surface area contributed by atoms with Crippen LogP contribution in [0.5, 0.6) is 5.75 Å². The van der Waals surface area contributed by atoms with Gasteiger partial charge < -0.3 is 14.5 Å². The smallest absolute Gasteiger partial charge is 0.241 e. The van der Waals surface area contributed by atoms with Gasteiger partial charge in [-0.15, -0.1) is 0 Å². The van der Waals surface area contributed by atoms with E-state index in [0.29, 0.717) is 26.1 Å². The van der Waals surface area contributed by atoms with Gasteiger partial charge in [0.25, 0.3) is 0 Å². The molecule has 0 radical (unpaired) electrons. The molecule has 1 fully saturated rings. The standard InChI is InChI=1S/C18H26N2O3/c1-3-15-7-4-8-16(13-15)23-12-6-10-19(2)18(22)14-20-11-5-9-17(20)21/h4,7-8,13H,3,5-6,9-12,14H2,1-2H3. The third-order valence-corrected chi connectivity index (χ3v) is 4.14. The lowest BCUT2D eigenvalue weighted by molar-refractivity contribution is -0.137. The lowest BCUT2D eigenvalue weighted by Crippen LogP contribution is -2.39. The minimum atomic E-state index is -0.00627. The first kappa shape index (κ1) is 17.3. The highest BCUT2D eigenvalue weighted by Crippen LogP contribution is 2.14. The summed E-state index contributed by atoms with van der Waals surface area (Å²) in [5, 5.41) is 0. The molecule has 1 saturated heterocycles. The van der Waals surface area contributed by atoms with Crippen molar-refractivity contribution in [1.29, 1.82) is 0 Å². The molecule has 1 aromatic carbocycles. The number of likely N-dealkylation sites (N-methyl/N-ethyl adjacent to an activating group) is 1. The Balaban J connectivity index is 1.66. The van der Waals surface area contributed by atoms with Crippen molar-refractivity contribution in [2.24, 2.45) is 0 Å². The summed E-state index contributed by atoms with van der Waals surface area (Å²) < 4.78 is 5.73. The van der Waals surface area contributed by atoms with Crippen molar-refractivity contribution in [3.63, 3.8) is 0 Å². The number of carbonyl (C=O) groups excluding carboxylic acids is 2. The molecule has 2 amide bonds. The van der Waals surface area contributed by atoms with Crippen LogP contribution in [0.15, 0.2) is 24.3 Å². The van der Waals surface area contributed by atoms with E-state index in [-0.39, 0.29) is 18.4 Å². The molecule has 0 spiro atoms. The van der Waals surface area contributed by atoms with Gasteiger partial charge in [0.1, 0.15) is 5.75 Å². The highest BCUT2D eigenvalue weighted by Gasteiger charge is 2.23. The zero-order chi connectivity index (χ0) is 16.7. The van der Waals surface area contributed by atoms with Crippen LogP contribution in [-0.2, 0) is 16.0 Å². The maximum atomic E-state index is 12.1. The monoisotopic (exact) mass is 318 g/mol. The molecule has 0 aromatic heterocycles. The van der Waals surface area contributed by atoms with Crippen molar-refractivity contribution < 1.29 is 14.3 Å². The molecular weight excluding hydrogens is 292 g/mol. The Bertz CT molecular complexity index is 545. The van der Waals surface area contributed by atoms with Gasteiger partial charge in [-0.05, 0) is 37.0 Å². The van der Waals surface area contributed by atoms with Crippen LogP contribution >= 0.6 is 0 Å². The molecule has 2 rings (SSSR count). The van der Waals surface area contributed by atoms with Gasteiger partial charge in [-0.3, -0.25) is 9.59 Å². The third-order valence-electron chi connectivity index (χ3n) is 4.14. The molecule has 1 heterocycles. The predicted molar refractivity (Wildman–Crippen MR) is 89.4 cm³/mol. The van der Waals surface area contributed by atoms with Crippen molar-refractivity contribution in [3.8, 4) is 5.75 Å². The summed E-state index contributed by atoms with van der Waals surface area (Å²) in [5.74, 6) is 0.958. The van der Waals surface area contributed by atoms with E-state index in [9.17, 15) is 9.59 Å². The fourth-order valence-electron chi connectivity index (χ4n) is 2.63. The number of carbonyl (C=O) groups is 2. The maximum absolute atomic E-state index is 12.1. The van der Waals surface area contributed by atoms with Gasteiger partial charge in [-0.25, -0.2) is 0 Å².